The molecule has 1 atom stereocenters. The van der Waals surface area contributed by atoms with Crippen molar-refractivity contribution in [3.8, 4) is 6.19 Å². The summed E-state index contributed by atoms with van der Waals surface area (Å²) in [5, 5.41) is 23.3. The molecule has 2 heterocycles. The van der Waals surface area contributed by atoms with Gasteiger partial charge in [-0.15, -0.1) is 11.3 Å². The zero-order chi connectivity index (χ0) is 27.9. The van der Waals surface area contributed by atoms with Crippen LogP contribution >= 0.6 is 23.1 Å². The van der Waals surface area contributed by atoms with Crippen LogP contribution in [0.4, 0.5) is 5.13 Å². The van der Waals surface area contributed by atoms with Gasteiger partial charge >= 0.3 is 0 Å². The highest BCUT2D eigenvalue weighted by molar-refractivity contribution is 7.98. The summed E-state index contributed by atoms with van der Waals surface area (Å²) in [5.74, 6) is 1.86. The van der Waals surface area contributed by atoms with Crippen LogP contribution in [0.3, 0.4) is 0 Å². The molecule has 0 spiro atoms. The molecular formula is C27H36N10S2. The van der Waals surface area contributed by atoms with Gasteiger partial charge in [0.15, 0.2) is 12.2 Å². The second-order valence-corrected chi connectivity index (χ2v) is 10.8. The number of nitrogens with two attached hydrogens (primary N) is 2. The highest BCUT2D eigenvalue weighted by atomic mass is 32.2. The summed E-state index contributed by atoms with van der Waals surface area (Å²) in [4.78, 5) is 16.6. The summed E-state index contributed by atoms with van der Waals surface area (Å²) in [7, 11) is 2.10. The molecule has 0 saturated carbocycles. The molecule has 10 nitrogen and oxygen atoms in total. The molecule has 0 saturated heterocycles. The summed E-state index contributed by atoms with van der Waals surface area (Å²) < 4.78 is 0. The van der Waals surface area contributed by atoms with Gasteiger partial charge in [-0.1, -0.05) is 36.4 Å². The number of aliphatic imine (C=N–C) groups is 1. The maximum Gasteiger partial charge on any atom is 0.212 e. The Bertz CT molecular complexity index is 1170. The number of aromatic nitrogens is 2. The Morgan fingerprint density at radius 3 is 2.69 bits per heavy atom. The highest BCUT2D eigenvalue weighted by Crippen LogP contribution is 2.26. The van der Waals surface area contributed by atoms with Crippen molar-refractivity contribution in [1.82, 2.24) is 25.1 Å². The SMILES string of the molecule is CN(CCCN(C#N)C(=N)NCCSCc1csc(N=C(N)N)n1)CCC(c1ccccc1)c1ccccn1. The summed E-state index contributed by atoms with van der Waals surface area (Å²) in [6, 6.07) is 16.6. The van der Waals surface area contributed by atoms with Crippen LogP contribution in [-0.2, 0) is 5.75 Å². The lowest BCUT2D eigenvalue weighted by molar-refractivity contribution is 0.309. The van der Waals surface area contributed by atoms with E-state index in [1.807, 2.05) is 29.8 Å². The second kappa shape index (κ2) is 16.3. The molecule has 3 rings (SSSR count). The second-order valence-electron chi connectivity index (χ2n) is 8.90. The van der Waals surface area contributed by atoms with E-state index in [0.717, 1.165) is 48.8 Å². The fourth-order valence-electron chi connectivity index (χ4n) is 3.96. The molecule has 0 amide bonds. The van der Waals surface area contributed by atoms with Crippen molar-refractivity contribution in [3.05, 3.63) is 77.1 Å². The van der Waals surface area contributed by atoms with Crippen molar-refractivity contribution < 1.29 is 0 Å². The molecule has 0 aliphatic carbocycles. The first-order valence-corrected chi connectivity index (χ1v) is 14.8. The summed E-state index contributed by atoms with van der Waals surface area (Å²) in [6.45, 7) is 2.82. The van der Waals surface area contributed by atoms with Crippen LogP contribution in [0.2, 0.25) is 0 Å². The average Bonchev–Trinajstić information content (AvgIpc) is 3.38. The van der Waals surface area contributed by atoms with Gasteiger partial charge in [-0.3, -0.25) is 10.4 Å². The lowest BCUT2D eigenvalue weighted by Crippen LogP contribution is -2.40. The lowest BCUT2D eigenvalue weighted by Gasteiger charge is -2.23. The third kappa shape index (κ3) is 10.6. The van der Waals surface area contributed by atoms with E-state index in [1.54, 1.807) is 11.8 Å². The molecular weight excluding hydrogens is 529 g/mol. The van der Waals surface area contributed by atoms with Gasteiger partial charge in [-0.05, 0) is 50.7 Å². The Morgan fingerprint density at radius 2 is 1.97 bits per heavy atom. The number of nitrogens with one attached hydrogen (secondary N) is 2. The molecule has 3 aromatic rings. The predicted octanol–water partition coefficient (Wildman–Crippen LogP) is 3.53. The quantitative estimate of drug-likeness (QED) is 0.0713. The van der Waals surface area contributed by atoms with Crippen LogP contribution in [0.15, 0.2) is 65.1 Å². The van der Waals surface area contributed by atoms with Gasteiger partial charge in [0.05, 0.1) is 5.69 Å². The fourth-order valence-corrected chi connectivity index (χ4v) is 5.52. The first-order chi connectivity index (χ1) is 19.0. The monoisotopic (exact) mass is 564 g/mol. The van der Waals surface area contributed by atoms with E-state index < -0.39 is 0 Å². The number of pyridine rings is 1. The van der Waals surface area contributed by atoms with Gasteiger partial charge in [0.2, 0.25) is 11.1 Å². The summed E-state index contributed by atoms with van der Waals surface area (Å²) in [5.41, 5.74) is 14.0. The smallest absolute Gasteiger partial charge is 0.212 e. The van der Waals surface area contributed by atoms with Crippen LogP contribution in [0.25, 0.3) is 0 Å². The Kier molecular flexibility index (Phi) is 12.5. The van der Waals surface area contributed by atoms with Crippen molar-refractivity contribution in [2.45, 2.75) is 24.5 Å². The Labute approximate surface area is 238 Å². The zero-order valence-electron chi connectivity index (χ0n) is 22.2. The first-order valence-electron chi connectivity index (χ1n) is 12.7. The molecule has 0 bridgehead atoms. The molecule has 1 aromatic carbocycles. The van der Waals surface area contributed by atoms with Crippen LogP contribution in [0.5, 0.6) is 0 Å². The van der Waals surface area contributed by atoms with Crippen LogP contribution in [0, 0.1) is 16.9 Å². The molecule has 12 heteroatoms. The van der Waals surface area contributed by atoms with E-state index >= 15 is 0 Å². The van der Waals surface area contributed by atoms with Gasteiger partial charge < -0.3 is 21.7 Å². The van der Waals surface area contributed by atoms with Gasteiger partial charge in [0, 0.05) is 47.8 Å². The largest absolute Gasteiger partial charge is 0.370 e. The number of hydrogen-bond acceptors (Lipinski definition) is 8. The van der Waals surface area contributed by atoms with Crippen LogP contribution in [0.1, 0.15) is 35.7 Å². The molecule has 1 unspecified atom stereocenters. The Balaban J connectivity index is 1.34. The van der Waals surface area contributed by atoms with Gasteiger partial charge in [0.25, 0.3) is 0 Å². The zero-order valence-corrected chi connectivity index (χ0v) is 23.8. The van der Waals surface area contributed by atoms with Gasteiger partial charge in [0.1, 0.15) is 0 Å². The van der Waals surface area contributed by atoms with E-state index in [-0.39, 0.29) is 17.8 Å². The Morgan fingerprint density at radius 1 is 1.18 bits per heavy atom. The standard InChI is InChI=1S/C27H36N10S2/c1-36(16-11-23(21-8-3-2-4-9-21)24-10-5-6-12-32-24)14-7-15-37(20-28)26(31)33-13-17-38-18-22-19-39-27(34-22)35-25(29)30/h2-6,8-10,12,19,23H,7,11,13-18H2,1H3,(H2,31,33)(H4,29,30,34,35). The van der Waals surface area contributed by atoms with Crippen molar-refractivity contribution >= 4 is 40.1 Å². The number of thiazole rings is 1. The maximum absolute atomic E-state index is 9.54. The van der Waals surface area contributed by atoms with Crippen molar-refractivity contribution in [2.24, 2.45) is 16.5 Å². The van der Waals surface area contributed by atoms with E-state index in [1.165, 1.54) is 21.8 Å². The molecule has 2 aromatic heterocycles. The van der Waals surface area contributed by atoms with Crippen molar-refractivity contribution in [2.75, 3.05) is 39.0 Å². The number of benzene rings is 1. The molecule has 206 valence electrons. The molecule has 0 aliphatic rings. The third-order valence-electron chi connectivity index (χ3n) is 5.91. The number of rotatable bonds is 15. The number of guanidine groups is 2. The number of nitriles is 1. The molecule has 0 radical (unpaired) electrons. The predicted molar refractivity (Wildman–Crippen MR) is 161 cm³/mol. The fraction of sp³-hybridized carbons (Fsp3) is 0.370. The van der Waals surface area contributed by atoms with Crippen molar-refractivity contribution in [1.29, 1.82) is 10.7 Å². The van der Waals surface area contributed by atoms with E-state index in [9.17, 15) is 5.26 Å². The van der Waals surface area contributed by atoms with E-state index in [2.05, 4.69) is 68.7 Å². The van der Waals surface area contributed by atoms with Crippen LogP contribution < -0.4 is 16.8 Å². The van der Waals surface area contributed by atoms with Gasteiger partial charge in [-0.2, -0.15) is 22.0 Å². The third-order valence-corrected chi connectivity index (χ3v) is 7.69. The minimum absolute atomic E-state index is 0.00253. The minimum Gasteiger partial charge on any atom is -0.370 e. The number of hydrogen-bond donors (Lipinski definition) is 4. The number of nitrogens with zero attached hydrogens (tertiary/aromatic N) is 6. The molecule has 6 N–H and O–H groups in total. The van der Waals surface area contributed by atoms with Gasteiger partial charge in [-0.25, -0.2) is 9.88 Å². The summed E-state index contributed by atoms with van der Waals surface area (Å²) in [6.07, 6.45) is 5.70. The summed E-state index contributed by atoms with van der Waals surface area (Å²) >= 11 is 3.08. The number of thioether (sulfide) groups is 1. The molecule has 0 aliphatic heterocycles. The van der Waals surface area contributed by atoms with Crippen LogP contribution in [-0.4, -0.2) is 70.7 Å². The Hall–Kier alpha value is -3.66. The van der Waals surface area contributed by atoms with E-state index in [4.69, 9.17) is 16.9 Å². The highest BCUT2D eigenvalue weighted by Gasteiger charge is 2.16. The molecule has 39 heavy (non-hydrogen) atoms. The average molecular weight is 565 g/mol. The first kappa shape index (κ1) is 29.9. The van der Waals surface area contributed by atoms with E-state index in [0.29, 0.717) is 18.2 Å². The molecule has 0 fully saturated rings. The normalized spacial score (nSPS) is 11.5. The topological polar surface area (TPSA) is 156 Å². The lowest BCUT2D eigenvalue weighted by atomic mass is 9.92. The maximum atomic E-state index is 9.54. The van der Waals surface area contributed by atoms with Crippen molar-refractivity contribution in [3.63, 3.8) is 0 Å². The minimum atomic E-state index is -0.00253.